The quantitative estimate of drug-likeness (QED) is 0.828. The van der Waals surface area contributed by atoms with Crippen molar-refractivity contribution in [2.75, 3.05) is 39.8 Å². The fourth-order valence-corrected chi connectivity index (χ4v) is 3.28. The average Bonchev–Trinajstić information content (AvgIpc) is 2.60. The molecule has 0 unspecified atom stereocenters. The fourth-order valence-electron chi connectivity index (χ4n) is 3.08. The van der Waals surface area contributed by atoms with Crippen LogP contribution in [-0.2, 0) is 11.3 Å². The van der Waals surface area contributed by atoms with E-state index in [1.54, 1.807) is 0 Å². The number of hydrogen-bond acceptors (Lipinski definition) is 4. The Bertz CT molecular complexity index is 751. The van der Waals surface area contributed by atoms with Gasteiger partial charge in [0, 0.05) is 38.1 Å². The molecule has 1 aliphatic heterocycles. The number of benzene rings is 1. The number of likely N-dealkylation sites (N-methyl/N-ethyl adjacent to an activating group) is 1. The number of rotatable bonds is 4. The van der Waals surface area contributed by atoms with Crippen molar-refractivity contribution in [3.05, 3.63) is 40.5 Å². The number of fused-ring (bicyclic) bond motifs is 1. The highest BCUT2D eigenvalue weighted by molar-refractivity contribution is 6.32. The predicted octanol–water partition coefficient (Wildman–Crippen LogP) is 2.90. The summed E-state index contributed by atoms with van der Waals surface area (Å²) in [7, 11) is 1.93. The maximum Gasteiger partial charge on any atom is 0.236 e. The van der Waals surface area contributed by atoms with Gasteiger partial charge in [0.25, 0.3) is 0 Å². The lowest BCUT2D eigenvalue weighted by atomic mass is 10.1. The number of amides is 1. The van der Waals surface area contributed by atoms with Crippen molar-refractivity contribution >= 4 is 53.2 Å². The third-order valence-electron chi connectivity index (χ3n) is 4.44. The van der Waals surface area contributed by atoms with E-state index >= 15 is 0 Å². The van der Waals surface area contributed by atoms with E-state index in [1.807, 2.05) is 48.0 Å². The first-order valence-electron chi connectivity index (χ1n) is 8.27. The molecule has 0 spiro atoms. The van der Waals surface area contributed by atoms with Crippen LogP contribution in [0.2, 0.25) is 5.02 Å². The summed E-state index contributed by atoms with van der Waals surface area (Å²) < 4.78 is 0. The van der Waals surface area contributed by atoms with Gasteiger partial charge in [-0.05, 0) is 25.6 Å². The van der Waals surface area contributed by atoms with Crippen LogP contribution in [-0.4, -0.2) is 60.5 Å². The standard InChI is InChI=1S/C18H23ClN4O.2ClH/c1-13-14-5-3-4-6-15(14)21-16(18(13)19)11-22(2)12-17(24)23-9-7-20-8-10-23;;/h3-6,20H,7-12H2,1-2H3;2*1H. The van der Waals surface area contributed by atoms with Gasteiger partial charge in [0.1, 0.15) is 0 Å². The van der Waals surface area contributed by atoms with E-state index in [1.165, 1.54) is 0 Å². The number of carbonyl (C=O) groups excluding carboxylic acids is 1. The second kappa shape index (κ2) is 10.3. The van der Waals surface area contributed by atoms with Crippen molar-refractivity contribution in [1.29, 1.82) is 0 Å². The summed E-state index contributed by atoms with van der Waals surface area (Å²) in [5.74, 6) is 0.160. The van der Waals surface area contributed by atoms with Gasteiger partial charge in [-0.15, -0.1) is 24.8 Å². The van der Waals surface area contributed by atoms with E-state index in [2.05, 4.69) is 10.3 Å². The molecule has 1 fully saturated rings. The maximum absolute atomic E-state index is 12.4. The third kappa shape index (κ3) is 5.21. The van der Waals surface area contributed by atoms with Crippen molar-refractivity contribution in [3.8, 4) is 0 Å². The van der Waals surface area contributed by atoms with Crippen molar-refractivity contribution in [1.82, 2.24) is 20.1 Å². The van der Waals surface area contributed by atoms with Crippen LogP contribution in [0.4, 0.5) is 0 Å². The Morgan fingerprint density at radius 3 is 2.62 bits per heavy atom. The molecule has 2 heterocycles. The lowest BCUT2D eigenvalue weighted by Gasteiger charge is -2.29. The molecule has 0 saturated carbocycles. The molecule has 0 aliphatic carbocycles. The van der Waals surface area contributed by atoms with Crippen LogP contribution in [0.15, 0.2) is 24.3 Å². The second-order valence-corrected chi connectivity index (χ2v) is 6.70. The minimum Gasteiger partial charge on any atom is -0.339 e. The highest BCUT2D eigenvalue weighted by atomic mass is 35.5. The summed E-state index contributed by atoms with van der Waals surface area (Å²) in [6.45, 7) is 6.24. The van der Waals surface area contributed by atoms with Crippen LogP contribution in [0.5, 0.6) is 0 Å². The van der Waals surface area contributed by atoms with Crippen LogP contribution in [0.25, 0.3) is 10.9 Å². The van der Waals surface area contributed by atoms with E-state index in [0.717, 1.165) is 48.3 Å². The maximum atomic E-state index is 12.4. The summed E-state index contributed by atoms with van der Waals surface area (Å²) in [5, 5.41) is 5.02. The number of para-hydroxylation sites is 1. The van der Waals surface area contributed by atoms with Crippen LogP contribution < -0.4 is 5.32 Å². The number of nitrogens with one attached hydrogen (secondary N) is 1. The number of pyridine rings is 1. The van der Waals surface area contributed by atoms with Gasteiger partial charge in [0.15, 0.2) is 0 Å². The number of halogens is 3. The third-order valence-corrected chi connectivity index (χ3v) is 4.94. The molecular formula is C18H25Cl3N4O. The Hall–Kier alpha value is -1.11. The van der Waals surface area contributed by atoms with Gasteiger partial charge < -0.3 is 10.2 Å². The molecule has 3 rings (SSSR count). The largest absolute Gasteiger partial charge is 0.339 e. The van der Waals surface area contributed by atoms with E-state index in [4.69, 9.17) is 11.6 Å². The van der Waals surface area contributed by atoms with Crippen LogP contribution in [0.1, 0.15) is 11.3 Å². The number of aryl methyl sites for hydroxylation is 1. The van der Waals surface area contributed by atoms with E-state index in [9.17, 15) is 4.79 Å². The molecule has 5 nitrogen and oxygen atoms in total. The van der Waals surface area contributed by atoms with Gasteiger partial charge in [-0.3, -0.25) is 9.69 Å². The number of hydrogen-bond donors (Lipinski definition) is 1. The summed E-state index contributed by atoms with van der Waals surface area (Å²) >= 11 is 6.51. The molecule has 1 aromatic heterocycles. The molecule has 1 amide bonds. The smallest absolute Gasteiger partial charge is 0.236 e. The Balaban J connectivity index is 0.00000169. The minimum atomic E-state index is 0. The van der Waals surface area contributed by atoms with Crippen molar-refractivity contribution < 1.29 is 4.79 Å². The summed E-state index contributed by atoms with van der Waals surface area (Å²) in [6.07, 6.45) is 0. The Labute approximate surface area is 171 Å². The van der Waals surface area contributed by atoms with Crippen molar-refractivity contribution in [2.24, 2.45) is 0 Å². The van der Waals surface area contributed by atoms with Crippen LogP contribution in [0, 0.1) is 6.92 Å². The summed E-state index contributed by atoms with van der Waals surface area (Å²) in [4.78, 5) is 20.9. The first-order valence-corrected chi connectivity index (χ1v) is 8.65. The predicted molar refractivity (Wildman–Crippen MR) is 112 cm³/mol. The van der Waals surface area contributed by atoms with Gasteiger partial charge in [-0.1, -0.05) is 29.8 Å². The Morgan fingerprint density at radius 2 is 1.92 bits per heavy atom. The number of nitrogens with zero attached hydrogens (tertiary/aromatic N) is 3. The lowest BCUT2D eigenvalue weighted by molar-refractivity contribution is -0.132. The van der Waals surface area contributed by atoms with Gasteiger partial charge >= 0.3 is 0 Å². The highest BCUT2D eigenvalue weighted by Crippen LogP contribution is 2.27. The zero-order chi connectivity index (χ0) is 17.1. The Morgan fingerprint density at radius 1 is 1.27 bits per heavy atom. The van der Waals surface area contributed by atoms with Crippen LogP contribution in [0.3, 0.4) is 0 Å². The monoisotopic (exact) mass is 418 g/mol. The molecule has 1 saturated heterocycles. The molecule has 8 heteroatoms. The van der Waals surface area contributed by atoms with Crippen molar-refractivity contribution in [2.45, 2.75) is 13.5 Å². The fraction of sp³-hybridized carbons (Fsp3) is 0.444. The molecule has 0 radical (unpaired) electrons. The zero-order valence-electron chi connectivity index (χ0n) is 15.0. The summed E-state index contributed by atoms with van der Waals surface area (Å²) in [5.41, 5.74) is 2.80. The van der Waals surface area contributed by atoms with E-state index < -0.39 is 0 Å². The van der Waals surface area contributed by atoms with Gasteiger partial charge in [-0.25, -0.2) is 4.98 Å². The van der Waals surface area contributed by atoms with Crippen LogP contribution >= 0.6 is 36.4 Å². The molecule has 0 atom stereocenters. The summed E-state index contributed by atoms with van der Waals surface area (Å²) in [6, 6.07) is 7.99. The molecule has 144 valence electrons. The molecule has 2 aromatic rings. The zero-order valence-corrected chi connectivity index (χ0v) is 17.4. The first-order chi connectivity index (χ1) is 11.6. The number of piperazine rings is 1. The van der Waals surface area contributed by atoms with Gasteiger partial charge in [0.05, 0.1) is 22.8 Å². The average molecular weight is 420 g/mol. The first kappa shape index (κ1) is 22.9. The Kier molecular flexibility index (Phi) is 9.07. The second-order valence-electron chi connectivity index (χ2n) is 6.32. The topological polar surface area (TPSA) is 48.5 Å². The molecule has 1 aliphatic rings. The molecule has 1 aromatic carbocycles. The number of aromatic nitrogens is 1. The number of carbonyl (C=O) groups is 1. The minimum absolute atomic E-state index is 0. The SMILES string of the molecule is Cc1c(Cl)c(CN(C)CC(=O)N2CCNCC2)nc2ccccc12.Cl.Cl. The van der Waals surface area contributed by atoms with Crippen molar-refractivity contribution in [3.63, 3.8) is 0 Å². The highest BCUT2D eigenvalue weighted by Gasteiger charge is 2.19. The van der Waals surface area contributed by atoms with Gasteiger partial charge in [-0.2, -0.15) is 0 Å². The van der Waals surface area contributed by atoms with Gasteiger partial charge in [0.2, 0.25) is 5.91 Å². The molecule has 0 bridgehead atoms. The molecule has 26 heavy (non-hydrogen) atoms. The molecule has 1 N–H and O–H groups in total. The van der Waals surface area contributed by atoms with E-state index in [0.29, 0.717) is 18.1 Å². The lowest BCUT2D eigenvalue weighted by Crippen LogP contribution is -2.49. The van der Waals surface area contributed by atoms with E-state index in [-0.39, 0.29) is 30.7 Å². The normalized spacial score (nSPS) is 14.1. The molecular weight excluding hydrogens is 395 g/mol.